The van der Waals surface area contributed by atoms with Crippen LogP contribution in [0.15, 0.2) is 48.5 Å². The lowest BCUT2D eigenvalue weighted by atomic mass is 9.93. The van der Waals surface area contributed by atoms with Crippen molar-refractivity contribution in [1.82, 2.24) is 5.32 Å². The zero-order valence-corrected chi connectivity index (χ0v) is 16.1. The first-order chi connectivity index (χ1) is 14.1. The van der Waals surface area contributed by atoms with Gasteiger partial charge in [0, 0.05) is 12.5 Å². The van der Waals surface area contributed by atoms with Gasteiger partial charge in [0.15, 0.2) is 6.61 Å². The molecule has 1 fully saturated rings. The summed E-state index contributed by atoms with van der Waals surface area (Å²) in [6.07, 6.45) is 4.28. The van der Waals surface area contributed by atoms with Gasteiger partial charge < -0.3 is 14.8 Å². The van der Waals surface area contributed by atoms with Gasteiger partial charge in [-0.2, -0.15) is 0 Å². The zero-order chi connectivity index (χ0) is 20.2. The fraction of sp³-hybridized carbons (Fsp3) is 0.348. The maximum absolute atomic E-state index is 12.4. The van der Waals surface area contributed by atoms with Gasteiger partial charge in [-0.15, -0.1) is 0 Å². The molecule has 0 spiro atoms. The molecule has 0 aromatic heterocycles. The van der Waals surface area contributed by atoms with Crippen molar-refractivity contribution >= 4 is 17.8 Å². The van der Waals surface area contributed by atoms with Crippen LogP contribution in [0.25, 0.3) is 0 Å². The molecule has 2 aromatic carbocycles. The zero-order valence-electron chi connectivity index (χ0n) is 16.1. The first kappa shape index (κ1) is 19.2. The van der Waals surface area contributed by atoms with Crippen LogP contribution in [0, 0.1) is 0 Å². The topological polar surface area (TPSA) is 81.7 Å². The molecule has 6 nitrogen and oxygen atoms in total. The second kappa shape index (κ2) is 8.47. The summed E-state index contributed by atoms with van der Waals surface area (Å²) in [4.78, 5) is 36.7. The predicted octanol–water partition coefficient (Wildman–Crippen LogP) is 3.36. The van der Waals surface area contributed by atoms with E-state index >= 15 is 0 Å². The third kappa shape index (κ3) is 4.47. The van der Waals surface area contributed by atoms with Crippen molar-refractivity contribution < 1.29 is 23.9 Å². The summed E-state index contributed by atoms with van der Waals surface area (Å²) < 4.78 is 10.7. The standard InChI is InChI=1S/C23H23NO5/c25-21(24-18-8-4-5-9-18)14-28-22(26)16-10-11-19-17(12-16)13-20(29-23(19)27)15-6-2-1-3-7-15/h1-3,6-7,10-12,18,20H,4-5,8-9,13-14H2,(H,24,25). The molecule has 1 unspecified atom stereocenters. The van der Waals surface area contributed by atoms with Crippen LogP contribution in [0.1, 0.15) is 63.6 Å². The van der Waals surface area contributed by atoms with Crippen molar-refractivity contribution in [3.05, 3.63) is 70.8 Å². The van der Waals surface area contributed by atoms with Crippen molar-refractivity contribution in [2.24, 2.45) is 0 Å². The van der Waals surface area contributed by atoms with E-state index in [0.717, 1.165) is 36.8 Å². The molecule has 1 heterocycles. The predicted molar refractivity (Wildman–Crippen MR) is 105 cm³/mol. The fourth-order valence-corrected chi connectivity index (χ4v) is 3.93. The van der Waals surface area contributed by atoms with Crippen LogP contribution in [0.3, 0.4) is 0 Å². The number of cyclic esters (lactones) is 1. The molecule has 150 valence electrons. The second-order valence-corrected chi connectivity index (χ2v) is 7.51. The van der Waals surface area contributed by atoms with Crippen LogP contribution in [0.5, 0.6) is 0 Å². The number of carbonyl (C=O) groups is 3. The normalized spacial score (nSPS) is 18.6. The van der Waals surface area contributed by atoms with Gasteiger partial charge >= 0.3 is 11.9 Å². The van der Waals surface area contributed by atoms with Crippen molar-refractivity contribution in [3.8, 4) is 0 Å². The average molecular weight is 393 g/mol. The van der Waals surface area contributed by atoms with Crippen molar-refractivity contribution in [3.63, 3.8) is 0 Å². The molecule has 29 heavy (non-hydrogen) atoms. The Morgan fingerprint density at radius 3 is 2.59 bits per heavy atom. The Balaban J connectivity index is 1.41. The van der Waals surface area contributed by atoms with Gasteiger partial charge in [-0.1, -0.05) is 43.2 Å². The largest absolute Gasteiger partial charge is 0.454 e. The molecular formula is C23H23NO5. The number of hydrogen-bond acceptors (Lipinski definition) is 5. The molecule has 2 aromatic rings. The van der Waals surface area contributed by atoms with Gasteiger partial charge in [0.2, 0.25) is 0 Å². The van der Waals surface area contributed by atoms with E-state index < -0.39 is 11.9 Å². The minimum atomic E-state index is -0.579. The Hall–Kier alpha value is -3.15. The van der Waals surface area contributed by atoms with Crippen LogP contribution in [0.4, 0.5) is 0 Å². The summed E-state index contributed by atoms with van der Waals surface area (Å²) in [5, 5.41) is 2.89. The summed E-state index contributed by atoms with van der Waals surface area (Å²) in [5.41, 5.74) is 2.41. The van der Waals surface area contributed by atoms with Crippen LogP contribution < -0.4 is 5.32 Å². The Labute approximate surface area is 169 Å². The summed E-state index contributed by atoms with van der Waals surface area (Å²) in [5.74, 6) is -1.27. The number of ether oxygens (including phenoxy) is 2. The van der Waals surface area contributed by atoms with Crippen molar-refractivity contribution in [1.29, 1.82) is 0 Å². The first-order valence-corrected chi connectivity index (χ1v) is 9.95. The van der Waals surface area contributed by atoms with Gasteiger partial charge in [0.05, 0.1) is 11.1 Å². The molecule has 1 saturated carbocycles. The van der Waals surface area contributed by atoms with E-state index in [4.69, 9.17) is 9.47 Å². The molecule has 1 aliphatic heterocycles. The van der Waals surface area contributed by atoms with E-state index in [-0.39, 0.29) is 24.7 Å². The minimum Gasteiger partial charge on any atom is -0.454 e. The molecular weight excluding hydrogens is 370 g/mol. The Kier molecular flexibility index (Phi) is 5.60. The lowest BCUT2D eigenvalue weighted by Crippen LogP contribution is -2.35. The molecule has 0 saturated heterocycles. The lowest BCUT2D eigenvalue weighted by molar-refractivity contribution is -0.124. The third-order valence-corrected chi connectivity index (χ3v) is 5.44. The van der Waals surface area contributed by atoms with E-state index in [2.05, 4.69) is 5.32 Å². The van der Waals surface area contributed by atoms with E-state index in [0.29, 0.717) is 17.5 Å². The monoisotopic (exact) mass is 393 g/mol. The number of fused-ring (bicyclic) bond motifs is 1. The SMILES string of the molecule is O=C(COC(=O)c1ccc2c(c1)CC(c1ccccc1)OC2=O)NC1CCCC1. The van der Waals surface area contributed by atoms with Gasteiger partial charge in [-0.05, 0) is 42.2 Å². The molecule has 1 amide bonds. The first-order valence-electron chi connectivity index (χ1n) is 9.95. The summed E-state index contributed by atoms with van der Waals surface area (Å²) in [6.45, 7) is -0.304. The van der Waals surface area contributed by atoms with E-state index in [1.54, 1.807) is 12.1 Å². The number of carbonyl (C=O) groups excluding carboxylic acids is 3. The van der Waals surface area contributed by atoms with Crippen LogP contribution >= 0.6 is 0 Å². The Bertz CT molecular complexity index is 918. The average Bonchev–Trinajstić information content (AvgIpc) is 3.25. The Morgan fingerprint density at radius 2 is 1.83 bits per heavy atom. The molecule has 1 aliphatic carbocycles. The molecule has 0 bridgehead atoms. The summed E-state index contributed by atoms with van der Waals surface area (Å²) in [7, 11) is 0. The van der Waals surface area contributed by atoms with Gasteiger partial charge in [-0.25, -0.2) is 9.59 Å². The molecule has 0 radical (unpaired) electrons. The number of rotatable bonds is 5. The van der Waals surface area contributed by atoms with Gasteiger partial charge in [0.1, 0.15) is 6.10 Å². The maximum Gasteiger partial charge on any atom is 0.339 e. The maximum atomic E-state index is 12.4. The van der Waals surface area contributed by atoms with Crippen LogP contribution in [-0.2, 0) is 20.7 Å². The number of benzene rings is 2. The van der Waals surface area contributed by atoms with Crippen molar-refractivity contribution in [2.45, 2.75) is 44.2 Å². The van der Waals surface area contributed by atoms with E-state index in [9.17, 15) is 14.4 Å². The quantitative estimate of drug-likeness (QED) is 0.788. The fourth-order valence-electron chi connectivity index (χ4n) is 3.93. The summed E-state index contributed by atoms with van der Waals surface area (Å²) >= 11 is 0. The number of esters is 2. The highest BCUT2D eigenvalue weighted by molar-refractivity contribution is 5.96. The minimum absolute atomic E-state index is 0.186. The molecule has 4 rings (SSSR count). The van der Waals surface area contributed by atoms with Crippen LogP contribution in [0.2, 0.25) is 0 Å². The molecule has 1 atom stereocenters. The van der Waals surface area contributed by atoms with Gasteiger partial charge in [-0.3, -0.25) is 4.79 Å². The van der Waals surface area contributed by atoms with E-state index in [1.165, 1.54) is 6.07 Å². The smallest absolute Gasteiger partial charge is 0.339 e. The molecule has 1 N–H and O–H groups in total. The highest BCUT2D eigenvalue weighted by atomic mass is 16.5. The summed E-state index contributed by atoms with van der Waals surface area (Å²) in [6, 6.07) is 14.4. The number of amides is 1. The Morgan fingerprint density at radius 1 is 1.07 bits per heavy atom. The second-order valence-electron chi connectivity index (χ2n) is 7.51. The number of hydrogen-bond donors (Lipinski definition) is 1. The lowest BCUT2D eigenvalue weighted by Gasteiger charge is -2.25. The third-order valence-electron chi connectivity index (χ3n) is 5.44. The van der Waals surface area contributed by atoms with Crippen LogP contribution in [-0.4, -0.2) is 30.5 Å². The molecule has 6 heteroatoms. The number of nitrogens with one attached hydrogen (secondary N) is 1. The highest BCUT2D eigenvalue weighted by Gasteiger charge is 2.28. The highest BCUT2D eigenvalue weighted by Crippen LogP contribution is 2.31. The molecule has 2 aliphatic rings. The van der Waals surface area contributed by atoms with Crippen molar-refractivity contribution in [2.75, 3.05) is 6.61 Å². The van der Waals surface area contributed by atoms with E-state index in [1.807, 2.05) is 30.3 Å². The van der Waals surface area contributed by atoms with Gasteiger partial charge in [0.25, 0.3) is 5.91 Å².